The lowest BCUT2D eigenvalue weighted by atomic mass is 9.75. The molecule has 0 fully saturated rings. The fourth-order valence-corrected chi connectivity index (χ4v) is 2.98. The average Bonchev–Trinajstić information content (AvgIpc) is 2.92. The molecule has 0 bridgehead atoms. The molecule has 1 amide bonds. The van der Waals surface area contributed by atoms with Gasteiger partial charge in [-0.25, -0.2) is 0 Å². The van der Waals surface area contributed by atoms with Crippen molar-refractivity contribution in [3.8, 4) is 0 Å². The van der Waals surface area contributed by atoms with E-state index in [4.69, 9.17) is 0 Å². The van der Waals surface area contributed by atoms with Crippen LogP contribution in [0.3, 0.4) is 0 Å². The van der Waals surface area contributed by atoms with Crippen LogP contribution >= 0.6 is 0 Å². The molecule has 0 aliphatic rings. The summed E-state index contributed by atoms with van der Waals surface area (Å²) in [7, 11) is 1.90. The Morgan fingerprint density at radius 2 is 2.00 bits per heavy atom. The van der Waals surface area contributed by atoms with E-state index in [2.05, 4.69) is 10.4 Å². The van der Waals surface area contributed by atoms with Crippen LogP contribution < -0.4 is 5.32 Å². The average molecular weight is 343 g/mol. The lowest BCUT2D eigenvalue weighted by Crippen LogP contribution is -2.37. The van der Waals surface area contributed by atoms with Crippen LogP contribution in [0, 0.1) is 12.3 Å². The summed E-state index contributed by atoms with van der Waals surface area (Å²) in [6, 6.07) is 10.0. The Morgan fingerprint density at radius 3 is 2.56 bits per heavy atom. The van der Waals surface area contributed by atoms with Crippen molar-refractivity contribution in [2.75, 3.05) is 13.2 Å². The van der Waals surface area contributed by atoms with E-state index in [9.17, 15) is 9.90 Å². The van der Waals surface area contributed by atoms with Gasteiger partial charge in [-0.2, -0.15) is 5.10 Å². The highest BCUT2D eigenvalue weighted by Crippen LogP contribution is 2.34. The highest BCUT2D eigenvalue weighted by atomic mass is 16.3. The Bertz CT molecular complexity index is 692. The third-order valence-electron chi connectivity index (χ3n) is 5.01. The van der Waals surface area contributed by atoms with Gasteiger partial charge in [0.15, 0.2) is 0 Å². The molecule has 1 atom stereocenters. The van der Waals surface area contributed by atoms with Crippen LogP contribution in [0.4, 0.5) is 0 Å². The normalized spacial score (nSPS) is 12.8. The molecular formula is C20H29N3O2. The SMILES string of the molecule is Cc1c(CCC(=O)NCC(c2ccccc2)C(C)(C)CO)cnn1C. The number of aliphatic hydroxyl groups is 1. The number of rotatable bonds is 8. The number of benzene rings is 1. The Kier molecular flexibility index (Phi) is 6.37. The van der Waals surface area contributed by atoms with Gasteiger partial charge in [0, 0.05) is 38.2 Å². The molecule has 0 aliphatic heterocycles. The fourth-order valence-electron chi connectivity index (χ4n) is 2.98. The van der Waals surface area contributed by atoms with Gasteiger partial charge in [-0.3, -0.25) is 9.48 Å². The zero-order valence-electron chi connectivity index (χ0n) is 15.6. The summed E-state index contributed by atoms with van der Waals surface area (Å²) in [5, 5.41) is 17.0. The van der Waals surface area contributed by atoms with E-state index in [1.807, 2.05) is 69.0 Å². The first-order valence-electron chi connectivity index (χ1n) is 8.75. The van der Waals surface area contributed by atoms with Crippen molar-refractivity contribution in [3.63, 3.8) is 0 Å². The highest BCUT2D eigenvalue weighted by Gasteiger charge is 2.30. The van der Waals surface area contributed by atoms with Crippen LogP contribution in [0.15, 0.2) is 36.5 Å². The minimum absolute atomic E-state index is 0.0259. The van der Waals surface area contributed by atoms with Gasteiger partial charge in [0.25, 0.3) is 0 Å². The molecule has 2 aromatic rings. The standard InChI is InChI=1S/C20H29N3O2/c1-15-17(12-22-23(15)4)10-11-19(25)21-13-18(20(2,3)14-24)16-8-6-5-7-9-16/h5-9,12,18,24H,10-11,13-14H2,1-4H3,(H,21,25). The van der Waals surface area contributed by atoms with Crippen LogP contribution in [0.2, 0.25) is 0 Å². The van der Waals surface area contributed by atoms with Crippen molar-refractivity contribution in [2.45, 2.75) is 39.5 Å². The number of hydrogen-bond donors (Lipinski definition) is 2. The summed E-state index contributed by atoms with van der Waals surface area (Å²) in [6.07, 6.45) is 2.95. The van der Waals surface area contributed by atoms with Crippen LogP contribution in [0.1, 0.15) is 43.0 Å². The topological polar surface area (TPSA) is 67.2 Å². The predicted octanol–water partition coefficient (Wildman–Crippen LogP) is 2.58. The van der Waals surface area contributed by atoms with Gasteiger partial charge in [-0.05, 0) is 29.9 Å². The number of nitrogens with one attached hydrogen (secondary N) is 1. The van der Waals surface area contributed by atoms with Gasteiger partial charge in [0.2, 0.25) is 5.91 Å². The molecule has 136 valence electrons. The lowest BCUT2D eigenvalue weighted by molar-refractivity contribution is -0.121. The number of nitrogens with zero attached hydrogens (tertiary/aromatic N) is 2. The lowest BCUT2D eigenvalue weighted by Gasteiger charge is -2.33. The van der Waals surface area contributed by atoms with E-state index in [1.165, 1.54) is 0 Å². The van der Waals surface area contributed by atoms with E-state index >= 15 is 0 Å². The van der Waals surface area contributed by atoms with Crippen LogP contribution in [0.25, 0.3) is 0 Å². The minimum Gasteiger partial charge on any atom is -0.396 e. The number of carbonyl (C=O) groups excluding carboxylic acids is 1. The van der Waals surface area contributed by atoms with Crippen molar-refractivity contribution in [1.82, 2.24) is 15.1 Å². The first-order chi connectivity index (χ1) is 11.8. The summed E-state index contributed by atoms with van der Waals surface area (Å²) < 4.78 is 1.82. The smallest absolute Gasteiger partial charge is 0.220 e. The van der Waals surface area contributed by atoms with E-state index in [0.717, 1.165) is 16.8 Å². The number of aryl methyl sites for hydroxylation is 2. The summed E-state index contributed by atoms with van der Waals surface area (Å²) >= 11 is 0. The third kappa shape index (κ3) is 4.92. The fraction of sp³-hybridized carbons (Fsp3) is 0.500. The first kappa shape index (κ1) is 19.2. The third-order valence-corrected chi connectivity index (χ3v) is 5.01. The quantitative estimate of drug-likeness (QED) is 0.774. The molecule has 0 saturated carbocycles. The second kappa shape index (κ2) is 8.30. The van der Waals surface area contributed by atoms with Crippen molar-refractivity contribution in [2.24, 2.45) is 12.5 Å². The minimum atomic E-state index is -0.311. The number of aromatic nitrogens is 2. The van der Waals surface area contributed by atoms with Crippen molar-refractivity contribution < 1.29 is 9.90 Å². The molecule has 0 aliphatic carbocycles. The molecule has 25 heavy (non-hydrogen) atoms. The number of carbonyl (C=O) groups is 1. The Labute approximate surface area is 150 Å². The number of amides is 1. The molecule has 0 saturated heterocycles. The Balaban J connectivity index is 1.96. The number of aliphatic hydroxyl groups excluding tert-OH is 1. The monoisotopic (exact) mass is 343 g/mol. The molecular weight excluding hydrogens is 314 g/mol. The van der Waals surface area contributed by atoms with E-state index in [1.54, 1.807) is 0 Å². The first-order valence-corrected chi connectivity index (χ1v) is 8.75. The summed E-state index contributed by atoms with van der Waals surface area (Å²) in [6.45, 7) is 6.64. The summed E-state index contributed by atoms with van der Waals surface area (Å²) in [4.78, 5) is 12.3. The molecule has 1 aromatic carbocycles. The Hall–Kier alpha value is -2.14. The predicted molar refractivity (Wildman–Crippen MR) is 99.3 cm³/mol. The van der Waals surface area contributed by atoms with Crippen LogP contribution in [-0.4, -0.2) is 33.9 Å². The zero-order chi connectivity index (χ0) is 18.4. The largest absolute Gasteiger partial charge is 0.396 e. The maximum Gasteiger partial charge on any atom is 0.220 e. The molecule has 2 rings (SSSR count). The van der Waals surface area contributed by atoms with Gasteiger partial charge in [-0.1, -0.05) is 44.2 Å². The van der Waals surface area contributed by atoms with E-state index in [-0.39, 0.29) is 23.8 Å². The van der Waals surface area contributed by atoms with Gasteiger partial charge in [-0.15, -0.1) is 0 Å². The van der Waals surface area contributed by atoms with Crippen LogP contribution in [0.5, 0.6) is 0 Å². The summed E-state index contributed by atoms with van der Waals surface area (Å²) in [5.74, 6) is 0.0840. The maximum absolute atomic E-state index is 12.3. The van der Waals surface area contributed by atoms with E-state index < -0.39 is 0 Å². The summed E-state index contributed by atoms with van der Waals surface area (Å²) in [5.41, 5.74) is 3.02. The Morgan fingerprint density at radius 1 is 1.32 bits per heavy atom. The van der Waals surface area contributed by atoms with Gasteiger partial charge < -0.3 is 10.4 Å². The van der Waals surface area contributed by atoms with Crippen LogP contribution in [-0.2, 0) is 18.3 Å². The van der Waals surface area contributed by atoms with E-state index in [0.29, 0.717) is 19.4 Å². The molecule has 1 aromatic heterocycles. The molecule has 0 spiro atoms. The molecule has 0 radical (unpaired) electrons. The molecule has 2 N–H and O–H groups in total. The maximum atomic E-state index is 12.3. The zero-order valence-corrected chi connectivity index (χ0v) is 15.6. The van der Waals surface area contributed by atoms with Crippen molar-refractivity contribution in [1.29, 1.82) is 0 Å². The second-order valence-corrected chi connectivity index (χ2v) is 7.29. The molecule has 5 heteroatoms. The molecule has 1 heterocycles. The van der Waals surface area contributed by atoms with Gasteiger partial charge >= 0.3 is 0 Å². The van der Waals surface area contributed by atoms with Gasteiger partial charge in [0.1, 0.15) is 0 Å². The second-order valence-electron chi connectivity index (χ2n) is 7.29. The highest BCUT2D eigenvalue weighted by molar-refractivity contribution is 5.76. The number of hydrogen-bond acceptors (Lipinski definition) is 3. The molecule has 5 nitrogen and oxygen atoms in total. The molecule has 1 unspecified atom stereocenters. The van der Waals surface area contributed by atoms with Crippen molar-refractivity contribution in [3.05, 3.63) is 53.3 Å². The van der Waals surface area contributed by atoms with Gasteiger partial charge in [0.05, 0.1) is 6.20 Å². The van der Waals surface area contributed by atoms with Crippen molar-refractivity contribution >= 4 is 5.91 Å².